The van der Waals surface area contributed by atoms with Crippen molar-refractivity contribution in [2.24, 2.45) is 5.73 Å². The van der Waals surface area contributed by atoms with Crippen LogP contribution >= 0.6 is 0 Å². The summed E-state index contributed by atoms with van der Waals surface area (Å²) >= 11 is 0. The Labute approximate surface area is 91.5 Å². The van der Waals surface area contributed by atoms with Gasteiger partial charge in [-0.15, -0.1) is 0 Å². The van der Waals surface area contributed by atoms with Gasteiger partial charge in [0.15, 0.2) is 0 Å². The van der Waals surface area contributed by atoms with Gasteiger partial charge in [0.2, 0.25) is 0 Å². The van der Waals surface area contributed by atoms with Crippen LogP contribution < -0.4 is 5.73 Å². The van der Waals surface area contributed by atoms with Gasteiger partial charge in [-0.05, 0) is 24.3 Å². The monoisotopic (exact) mass is 220 g/mol. The van der Waals surface area contributed by atoms with Gasteiger partial charge in [0.25, 0.3) is 0 Å². The predicted octanol–water partition coefficient (Wildman–Crippen LogP) is 0.828. The molecule has 0 saturated carbocycles. The molecule has 84 valence electrons. The minimum absolute atomic E-state index is 0.181. The number of nitrogens with one attached hydrogen (secondary N) is 1. The molecule has 0 aliphatic heterocycles. The van der Waals surface area contributed by atoms with E-state index in [0.717, 1.165) is 16.6 Å². The summed E-state index contributed by atoms with van der Waals surface area (Å²) in [6, 6.07) is 5.79. The van der Waals surface area contributed by atoms with Crippen molar-refractivity contribution >= 4 is 16.9 Å². The maximum absolute atomic E-state index is 10.6. The normalized spacial score (nSPS) is 12.8. The van der Waals surface area contributed by atoms with Crippen molar-refractivity contribution < 1.29 is 15.0 Å². The molecule has 0 radical (unpaired) electrons. The fourth-order valence-corrected chi connectivity index (χ4v) is 1.61. The zero-order valence-electron chi connectivity index (χ0n) is 8.47. The largest absolute Gasteiger partial charge is 0.508 e. The van der Waals surface area contributed by atoms with Crippen molar-refractivity contribution in [2.45, 2.75) is 12.5 Å². The molecule has 5 nitrogen and oxygen atoms in total. The number of aliphatic carboxylic acids is 1. The van der Waals surface area contributed by atoms with Crippen molar-refractivity contribution in [3.05, 3.63) is 30.0 Å². The molecule has 0 amide bonds. The smallest absolute Gasteiger partial charge is 0.320 e. The Kier molecular flexibility index (Phi) is 2.54. The average molecular weight is 220 g/mol. The van der Waals surface area contributed by atoms with Crippen LogP contribution in [0.3, 0.4) is 0 Å². The van der Waals surface area contributed by atoms with E-state index in [4.69, 9.17) is 10.8 Å². The molecule has 0 saturated heterocycles. The van der Waals surface area contributed by atoms with E-state index in [1.807, 2.05) is 0 Å². The molecule has 2 aromatic rings. The molecule has 2 rings (SSSR count). The Bertz CT molecular complexity index is 533. The Hall–Kier alpha value is -2.01. The van der Waals surface area contributed by atoms with E-state index in [0.29, 0.717) is 0 Å². The lowest BCUT2D eigenvalue weighted by atomic mass is 10.1. The number of carbonyl (C=O) groups is 1. The highest BCUT2D eigenvalue weighted by atomic mass is 16.4. The first-order chi connectivity index (χ1) is 7.56. The van der Waals surface area contributed by atoms with Crippen LogP contribution in [0.4, 0.5) is 0 Å². The molecule has 0 spiro atoms. The Morgan fingerprint density at radius 3 is 2.88 bits per heavy atom. The summed E-state index contributed by atoms with van der Waals surface area (Å²) in [6.45, 7) is 0. The van der Waals surface area contributed by atoms with Gasteiger partial charge in [-0.1, -0.05) is 0 Å². The van der Waals surface area contributed by atoms with Gasteiger partial charge in [0.05, 0.1) is 0 Å². The number of carboxylic acid groups (broad SMARTS) is 1. The maximum atomic E-state index is 10.6. The number of benzene rings is 1. The van der Waals surface area contributed by atoms with Crippen molar-refractivity contribution in [3.63, 3.8) is 0 Å². The molecule has 16 heavy (non-hydrogen) atoms. The first-order valence-electron chi connectivity index (χ1n) is 4.85. The number of aromatic nitrogens is 1. The van der Waals surface area contributed by atoms with Crippen LogP contribution in [0.15, 0.2) is 24.3 Å². The lowest BCUT2D eigenvalue weighted by Crippen LogP contribution is -2.32. The van der Waals surface area contributed by atoms with Crippen LogP contribution in [0.25, 0.3) is 10.9 Å². The third kappa shape index (κ3) is 1.99. The van der Waals surface area contributed by atoms with Gasteiger partial charge >= 0.3 is 5.97 Å². The molecule has 0 bridgehead atoms. The number of nitrogens with two attached hydrogens (primary N) is 1. The second-order valence-corrected chi connectivity index (χ2v) is 3.71. The second kappa shape index (κ2) is 3.86. The summed E-state index contributed by atoms with van der Waals surface area (Å²) < 4.78 is 0. The van der Waals surface area contributed by atoms with E-state index in [1.165, 1.54) is 0 Å². The standard InChI is InChI=1S/C11H12N2O3/c12-9(11(15)16)5-7-3-6-4-8(14)1-2-10(6)13-7/h1-4,9,13-14H,5,12H2,(H,15,16)/t9-/m0/s1. The highest BCUT2D eigenvalue weighted by molar-refractivity contribution is 5.82. The van der Waals surface area contributed by atoms with Crippen LogP contribution in [0, 0.1) is 0 Å². The SMILES string of the molecule is N[C@@H](Cc1cc2cc(O)ccc2[nH]1)C(=O)O. The molecule has 0 unspecified atom stereocenters. The highest BCUT2D eigenvalue weighted by Gasteiger charge is 2.13. The molecule has 1 aromatic heterocycles. The fraction of sp³-hybridized carbons (Fsp3) is 0.182. The first-order valence-corrected chi connectivity index (χ1v) is 4.85. The van der Waals surface area contributed by atoms with Gasteiger partial charge in [-0.3, -0.25) is 4.79 Å². The molecule has 0 aliphatic rings. The van der Waals surface area contributed by atoms with E-state index in [2.05, 4.69) is 4.98 Å². The number of rotatable bonds is 3. The number of phenols is 1. The lowest BCUT2D eigenvalue weighted by Gasteiger charge is -2.02. The molecule has 1 aromatic carbocycles. The number of carboxylic acids is 1. The molecular weight excluding hydrogens is 208 g/mol. The van der Waals surface area contributed by atoms with Crippen molar-refractivity contribution in [3.8, 4) is 5.75 Å². The first kappa shape index (κ1) is 10.5. The van der Waals surface area contributed by atoms with Crippen LogP contribution in [0.1, 0.15) is 5.69 Å². The fourth-order valence-electron chi connectivity index (χ4n) is 1.61. The molecule has 0 fully saturated rings. The second-order valence-electron chi connectivity index (χ2n) is 3.71. The molecular formula is C11H12N2O3. The third-order valence-electron chi connectivity index (χ3n) is 2.42. The van der Waals surface area contributed by atoms with Crippen molar-refractivity contribution in [2.75, 3.05) is 0 Å². The number of fused-ring (bicyclic) bond motifs is 1. The summed E-state index contributed by atoms with van der Waals surface area (Å²) in [7, 11) is 0. The molecule has 1 atom stereocenters. The highest BCUT2D eigenvalue weighted by Crippen LogP contribution is 2.20. The van der Waals surface area contributed by atoms with Gasteiger partial charge in [0.1, 0.15) is 11.8 Å². The summed E-state index contributed by atoms with van der Waals surface area (Å²) in [6.07, 6.45) is 0.241. The number of H-pyrrole nitrogens is 1. The lowest BCUT2D eigenvalue weighted by molar-refractivity contribution is -0.138. The van der Waals surface area contributed by atoms with Gasteiger partial charge < -0.3 is 20.9 Å². The van der Waals surface area contributed by atoms with Crippen LogP contribution in [-0.4, -0.2) is 27.2 Å². The van der Waals surface area contributed by atoms with Gasteiger partial charge in [0, 0.05) is 23.0 Å². The number of aromatic hydroxyl groups is 1. The maximum Gasteiger partial charge on any atom is 0.320 e. The van der Waals surface area contributed by atoms with E-state index >= 15 is 0 Å². The minimum atomic E-state index is -1.03. The predicted molar refractivity (Wildman–Crippen MR) is 59.3 cm³/mol. The zero-order valence-corrected chi connectivity index (χ0v) is 8.47. The molecule has 5 N–H and O–H groups in total. The van der Waals surface area contributed by atoms with Crippen molar-refractivity contribution in [1.29, 1.82) is 0 Å². The molecule has 1 heterocycles. The van der Waals surface area contributed by atoms with E-state index in [9.17, 15) is 9.90 Å². The number of hydrogen-bond donors (Lipinski definition) is 4. The number of aromatic amines is 1. The minimum Gasteiger partial charge on any atom is -0.508 e. The molecule has 5 heteroatoms. The number of hydrogen-bond acceptors (Lipinski definition) is 3. The Morgan fingerprint density at radius 1 is 1.44 bits per heavy atom. The van der Waals surface area contributed by atoms with Crippen LogP contribution in [-0.2, 0) is 11.2 Å². The number of phenolic OH excluding ortho intramolecular Hbond substituents is 1. The summed E-state index contributed by atoms with van der Waals surface area (Å²) in [5, 5.41) is 18.8. The Morgan fingerprint density at radius 2 is 2.19 bits per heavy atom. The topological polar surface area (TPSA) is 99.3 Å². The molecule has 0 aliphatic carbocycles. The van der Waals surface area contributed by atoms with Gasteiger partial charge in [-0.2, -0.15) is 0 Å². The van der Waals surface area contributed by atoms with Crippen LogP contribution in [0.2, 0.25) is 0 Å². The average Bonchev–Trinajstić information content (AvgIpc) is 2.58. The van der Waals surface area contributed by atoms with Gasteiger partial charge in [-0.25, -0.2) is 0 Å². The van der Waals surface area contributed by atoms with E-state index < -0.39 is 12.0 Å². The van der Waals surface area contributed by atoms with E-state index in [1.54, 1.807) is 24.3 Å². The Balaban J connectivity index is 2.29. The van der Waals surface area contributed by atoms with E-state index in [-0.39, 0.29) is 12.2 Å². The van der Waals surface area contributed by atoms with Crippen LogP contribution in [0.5, 0.6) is 5.75 Å². The van der Waals surface area contributed by atoms with Crippen molar-refractivity contribution in [1.82, 2.24) is 4.98 Å². The summed E-state index contributed by atoms with van der Waals surface area (Å²) in [5.41, 5.74) is 7.03. The summed E-state index contributed by atoms with van der Waals surface area (Å²) in [5.74, 6) is -0.845. The third-order valence-corrected chi connectivity index (χ3v) is 2.42. The quantitative estimate of drug-likeness (QED) is 0.615. The zero-order chi connectivity index (χ0) is 11.7. The summed E-state index contributed by atoms with van der Waals surface area (Å²) in [4.78, 5) is 13.6.